The van der Waals surface area contributed by atoms with Crippen molar-refractivity contribution >= 4 is 17.5 Å². The first-order chi connectivity index (χ1) is 13.6. The summed E-state index contributed by atoms with van der Waals surface area (Å²) in [6.45, 7) is 3.36. The van der Waals surface area contributed by atoms with Gasteiger partial charge in [-0.2, -0.15) is 0 Å². The van der Waals surface area contributed by atoms with Crippen molar-refractivity contribution in [2.45, 2.75) is 18.9 Å². The van der Waals surface area contributed by atoms with Gasteiger partial charge in [-0.15, -0.1) is 0 Å². The summed E-state index contributed by atoms with van der Waals surface area (Å²) in [6.07, 6.45) is 1.62. The molecule has 1 aromatic carbocycles. The Kier molecular flexibility index (Phi) is 5.45. The predicted octanol–water partition coefficient (Wildman–Crippen LogP) is 2.77. The average Bonchev–Trinajstić information content (AvgIpc) is 2.67. The molecule has 2 aromatic rings. The number of piperidine rings is 1. The number of carbonyl (C=O) groups is 2. The summed E-state index contributed by atoms with van der Waals surface area (Å²) in [6, 6.07) is 10.8. The lowest BCUT2D eigenvalue weighted by Gasteiger charge is -2.41. The smallest absolute Gasteiger partial charge is 0.256 e. The third-order valence-corrected chi connectivity index (χ3v) is 5.39. The van der Waals surface area contributed by atoms with E-state index in [2.05, 4.69) is 15.2 Å². The number of anilines is 1. The van der Waals surface area contributed by atoms with Crippen LogP contribution in [0.2, 0.25) is 0 Å². The van der Waals surface area contributed by atoms with Gasteiger partial charge in [0.2, 0.25) is 0 Å². The van der Waals surface area contributed by atoms with Gasteiger partial charge in [-0.3, -0.25) is 14.5 Å². The van der Waals surface area contributed by atoms with Crippen LogP contribution < -0.4 is 5.32 Å². The van der Waals surface area contributed by atoms with Gasteiger partial charge in [0.1, 0.15) is 17.3 Å². The molecular weight excluding hydrogens is 361 g/mol. The number of ether oxygens (including phenoxy) is 1. The van der Waals surface area contributed by atoms with Gasteiger partial charge in [-0.1, -0.05) is 6.07 Å². The summed E-state index contributed by atoms with van der Waals surface area (Å²) in [5.74, 6) is -0.523. The molecule has 7 heteroatoms. The topological polar surface area (TPSA) is 71.5 Å². The zero-order valence-corrected chi connectivity index (χ0v) is 15.4. The van der Waals surface area contributed by atoms with Crippen LogP contribution in [0.4, 0.5) is 10.2 Å². The molecular formula is C21H22FN3O3. The third-order valence-electron chi connectivity index (χ3n) is 5.39. The summed E-state index contributed by atoms with van der Waals surface area (Å²) in [5, 5.41) is 2.67. The zero-order chi connectivity index (χ0) is 19.5. The summed E-state index contributed by atoms with van der Waals surface area (Å²) in [5.41, 5.74) is 0.689. The molecule has 0 atom stereocenters. The van der Waals surface area contributed by atoms with Crippen LogP contribution in [0.3, 0.4) is 0 Å². The summed E-state index contributed by atoms with van der Waals surface area (Å²) in [4.78, 5) is 31.8. The highest BCUT2D eigenvalue weighted by Crippen LogP contribution is 2.24. The maximum Gasteiger partial charge on any atom is 0.256 e. The standard InChI is InChI=1S/C21H22FN3O3/c22-16-6-4-15(5-7-16)21(27)24-19-3-1-2-18(23-19)20(26)14-8-10-25(11-9-14)17-12-28-13-17/h1-7,14,17H,8-13H2,(H,23,24,27). The predicted molar refractivity (Wildman–Crippen MR) is 102 cm³/mol. The van der Waals surface area contributed by atoms with E-state index in [9.17, 15) is 14.0 Å². The molecule has 0 spiro atoms. The number of aromatic nitrogens is 1. The summed E-state index contributed by atoms with van der Waals surface area (Å²) < 4.78 is 18.2. The first-order valence-electron chi connectivity index (χ1n) is 9.50. The maximum atomic E-state index is 13.0. The van der Waals surface area contributed by atoms with Crippen LogP contribution in [0.15, 0.2) is 42.5 Å². The van der Waals surface area contributed by atoms with E-state index in [0.29, 0.717) is 23.1 Å². The van der Waals surface area contributed by atoms with E-state index < -0.39 is 11.7 Å². The quantitative estimate of drug-likeness (QED) is 0.804. The van der Waals surface area contributed by atoms with Crippen LogP contribution in [0.25, 0.3) is 0 Å². The number of hydrogen-bond donors (Lipinski definition) is 1. The van der Waals surface area contributed by atoms with Gasteiger partial charge >= 0.3 is 0 Å². The van der Waals surface area contributed by atoms with Crippen LogP contribution in [0.1, 0.15) is 33.7 Å². The van der Waals surface area contributed by atoms with Gasteiger partial charge < -0.3 is 10.1 Å². The van der Waals surface area contributed by atoms with E-state index >= 15 is 0 Å². The van der Waals surface area contributed by atoms with E-state index in [1.807, 2.05) is 0 Å². The number of nitrogens with one attached hydrogen (secondary N) is 1. The third kappa shape index (κ3) is 4.10. The number of rotatable bonds is 5. The minimum atomic E-state index is -0.404. The van der Waals surface area contributed by atoms with Crippen molar-refractivity contribution in [3.8, 4) is 0 Å². The molecule has 2 aliphatic heterocycles. The van der Waals surface area contributed by atoms with E-state index in [1.54, 1.807) is 18.2 Å². The fraction of sp³-hybridized carbons (Fsp3) is 0.381. The van der Waals surface area contributed by atoms with Gasteiger partial charge in [-0.05, 0) is 62.3 Å². The van der Waals surface area contributed by atoms with E-state index in [1.165, 1.54) is 24.3 Å². The van der Waals surface area contributed by atoms with Gasteiger partial charge in [0, 0.05) is 11.5 Å². The largest absolute Gasteiger partial charge is 0.378 e. The zero-order valence-electron chi connectivity index (χ0n) is 15.4. The minimum Gasteiger partial charge on any atom is -0.378 e. The molecule has 1 amide bonds. The summed E-state index contributed by atoms with van der Waals surface area (Å²) >= 11 is 0. The van der Waals surface area contributed by atoms with Crippen molar-refractivity contribution in [3.63, 3.8) is 0 Å². The van der Waals surface area contributed by atoms with Crippen molar-refractivity contribution in [1.29, 1.82) is 0 Å². The Bertz CT molecular complexity index is 859. The molecule has 2 aliphatic rings. The van der Waals surface area contributed by atoms with Crippen LogP contribution in [0.5, 0.6) is 0 Å². The average molecular weight is 383 g/mol. The lowest BCUT2D eigenvalue weighted by Crippen LogP contribution is -2.52. The Labute approximate surface area is 162 Å². The van der Waals surface area contributed by atoms with Crippen LogP contribution in [0, 0.1) is 11.7 Å². The number of likely N-dealkylation sites (tertiary alicyclic amines) is 1. The number of carbonyl (C=O) groups excluding carboxylic acids is 2. The number of amides is 1. The second-order valence-electron chi connectivity index (χ2n) is 7.23. The normalized spacial score (nSPS) is 18.5. The Balaban J connectivity index is 1.38. The molecule has 0 radical (unpaired) electrons. The molecule has 146 valence electrons. The molecule has 0 aliphatic carbocycles. The molecule has 1 aromatic heterocycles. The van der Waals surface area contributed by atoms with Crippen molar-refractivity contribution in [3.05, 3.63) is 59.5 Å². The Morgan fingerprint density at radius 3 is 2.43 bits per heavy atom. The number of benzene rings is 1. The fourth-order valence-corrected chi connectivity index (χ4v) is 3.60. The lowest BCUT2D eigenvalue weighted by atomic mass is 9.90. The molecule has 0 unspecified atom stereocenters. The first kappa shape index (κ1) is 18.7. The SMILES string of the molecule is O=C(Nc1cccc(C(=O)C2CCN(C3COC3)CC2)n1)c1ccc(F)cc1. The molecule has 28 heavy (non-hydrogen) atoms. The number of nitrogens with zero attached hydrogens (tertiary/aromatic N) is 2. The minimum absolute atomic E-state index is 0.0161. The Morgan fingerprint density at radius 2 is 1.79 bits per heavy atom. The number of Topliss-reactive ketones (excluding diaryl/α,β-unsaturated/α-hetero) is 1. The first-order valence-corrected chi connectivity index (χ1v) is 9.50. The van der Waals surface area contributed by atoms with Crippen molar-refractivity contribution in [2.24, 2.45) is 5.92 Å². The second kappa shape index (κ2) is 8.16. The van der Waals surface area contributed by atoms with Gasteiger partial charge in [0.25, 0.3) is 5.91 Å². The van der Waals surface area contributed by atoms with Crippen molar-refractivity contribution in [1.82, 2.24) is 9.88 Å². The highest BCUT2D eigenvalue weighted by Gasteiger charge is 2.32. The highest BCUT2D eigenvalue weighted by molar-refractivity contribution is 6.04. The number of halogens is 1. The molecule has 0 bridgehead atoms. The molecule has 3 heterocycles. The molecule has 4 rings (SSSR count). The van der Waals surface area contributed by atoms with Gasteiger partial charge in [0.05, 0.1) is 19.3 Å². The number of hydrogen-bond acceptors (Lipinski definition) is 5. The van der Waals surface area contributed by atoms with Crippen molar-refractivity contribution in [2.75, 3.05) is 31.6 Å². The number of ketones is 1. The van der Waals surface area contributed by atoms with E-state index in [0.717, 1.165) is 39.1 Å². The molecule has 1 N–H and O–H groups in total. The second-order valence-corrected chi connectivity index (χ2v) is 7.23. The number of pyridine rings is 1. The van der Waals surface area contributed by atoms with Gasteiger partial charge in [-0.25, -0.2) is 9.37 Å². The summed E-state index contributed by atoms with van der Waals surface area (Å²) in [7, 11) is 0. The molecule has 2 fully saturated rings. The molecule has 6 nitrogen and oxygen atoms in total. The lowest BCUT2D eigenvalue weighted by molar-refractivity contribution is -0.0725. The van der Waals surface area contributed by atoms with E-state index in [-0.39, 0.29) is 11.7 Å². The van der Waals surface area contributed by atoms with Crippen LogP contribution >= 0.6 is 0 Å². The van der Waals surface area contributed by atoms with E-state index in [4.69, 9.17) is 4.74 Å². The van der Waals surface area contributed by atoms with Gasteiger partial charge in [0.15, 0.2) is 5.78 Å². The molecule has 2 saturated heterocycles. The van der Waals surface area contributed by atoms with Crippen LogP contribution in [-0.4, -0.2) is 53.9 Å². The fourth-order valence-electron chi connectivity index (χ4n) is 3.60. The monoisotopic (exact) mass is 383 g/mol. The Hall–Kier alpha value is -2.64. The highest BCUT2D eigenvalue weighted by atomic mass is 19.1. The maximum absolute atomic E-state index is 13.0. The van der Waals surface area contributed by atoms with Crippen LogP contribution in [-0.2, 0) is 4.74 Å². The van der Waals surface area contributed by atoms with Crippen molar-refractivity contribution < 1.29 is 18.7 Å². The Morgan fingerprint density at radius 1 is 1.07 bits per heavy atom. The molecule has 0 saturated carbocycles.